The summed E-state index contributed by atoms with van der Waals surface area (Å²) >= 11 is 0. The summed E-state index contributed by atoms with van der Waals surface area (Å²) in [5, 5.41) is 0. The number of aromatic amines is 1. The number of H-pyrrole nitrogens is 1. The highest BCUT2D eigenvalue weighted by Gasteiger charge is 2.45. The lowest BCUT2D eigenvalue weighted by Crippen LogP contribution is -2.39. The quantitative estimate of drug-likeness (QED) is 0.0422. The molecule has 4 atom stereocenters. The first kappa shape index (κ1) is 53.1. The molecule has 4 unspecified atom stereocenters. The molecular weight excluding hydrogens is 940 g/mol. The smallest absolute Gasteiger partial charge is 0.330 e. The molecule has 384 valence electrons. The zero-order valence-corrected chi connectivity index (χ0v) is 44.2. The molecule has 0 bridgehead atoms. The number of amides is 1. The number of aryl methyl sites for hydroxylation is 1. The van der Waals surface area contributed by atoms with Gasteiger partial charge in [-0.05, 0) is 130 Å². The molecule has 8 rings (SSSR count). The molecule has 1 fully saturated rings. The predicted octanol–water partition coefficient (Wildman–Crippen LogP) is 11.6. The Morgan fingerprint density at radius 1 is 0.781 bits per heavy atom. The number of nitrogens with zero attached hydrogens (tertiary/aromatic N) is 3. The molecule has 6 aromatic rings. The fourth-order valence-corrected chi connectivity index (χ4v) is 11.8. The number of unbranched alkanes of at least 4 members (excludes halogenated alkanes) is 2. The van der Waals surface area contributed by atoms with Crippen LogP contribution in [0, 0.1) is 6.92 Å². The van der Waals surface area contributed by atoms with Crippen molar-refractivity contribution in [2.24, 2.45) is 0 Å². The number of benzene rings is 5. The van der Waals surface area contributed by atoms with E-state index < -0.39 is 43.8 Å². The van der Waals surface area contributed by atoms with Gasteiger partial charge in [-0.2, -0.15) is 0 Å². The van der Waals surface area contributed by atoms with E-state index in [0.717, 1.165) is 45.5 Å². The van der Waals surface area contributed by atoms with Crippen LogP contribution >= 0.6 is 8.53 Å². The van der Waals surface area contributed by atoms with Gasteiger partial charge in [-0.1, -0.05) is 103 Å². The first-order valence-electron chi connectivity index (χ1n) is 25.3. The molecule has 5 aromatic carbocycles. The Balaban J connectivity index is 1.04. The number of aromatic nitrogens is 2. The Morgan fingerprint density at radius 2 is 1.40 bits per heavy atom. The zero-order valence-electron chi connectivity index (χ0n) is 43.3. The molecule has 2 aliphatic heterocycles. The van der Waals surface area contributed by atoms with Crippen LogP contribution in [0.15, 0.2) is 143 Å². The Kier molecular flexibility index (Phi) is 17.6. The number of carbonyl (C=O) groups excluding carboxylic acids is 1. The molecule has 1 amide bonds. The second kappa shape index (κ2) is 24.2. The minimum absolute atomic E-state index is 0.0364. The van der Waals surface area contributed by atoms with E-state index in [1.165, 1.54) is 16.3 Å². The Labute approximate surface area is 430 Å². The molecule has 73 heavy (non-hydrogen) atoms. The normalized spacial score (nSPS) is 17.9. The van der Waals surface area contributed by atoms with E-state index in [0.29, 0.717) is 49.5 Å². The Bertz CT molecular complexity index is 2880. The predicted molar refractivity (Wildman–Crippen MR) is 289 cm³/mol. The maximum Gasteiger partial charge on any atom is 0.330 e. The fraction of sp³-hybridized carbons (Fsp3) is 0.373. The summed E-state index contributed by atoms with van der Waals surface area (Å²) in [6, 6.07) is 42.3. The molecule has 1 N–H and O–H groups in total. The van der Waals surface area contributed by atoms with Crippen molar-refractivity contribution in [3.8, 4) is 11.5 Å². The molecule has 14 heteroatoms. The van der Waals surface area contributed by atoms with Crippen LogP contribution in [0.4, 0.5) is 5.69 Å². The Hall–Kier alpha value is -6.18. The molecule has 13 nitrogen and oxygen atoms in total. The first-order chi connectivity index (χ1) is 35.3. The van der Waals surface area contributed by atoms with Crippen molar-refractivity contribution in [3.05, 3.63) is 193 Å². The molecule has 2 aliphatic rings. The van der Waals surface area contributed by atoms with Crippen molar-refractivity contribution in [2.75, 3.05) is 32.3 Å². The van der Waals surface area contributed by atoms with Gasteiger partial charge in [0.25, 0.3) is 14.1 Å². The zero-order chi connectivity index (χ0) is 51.6. The van der Waals surface area contributed by atoms with Gasteiger partial charge >= 0.3 is 5.69 Å². The minimum atomic E-state index is -1.69. The van der Waals surface area contributed by atoms with E-state index in [2.05, 4.69) is 68.5 Å². The van der Waals surface area contributed by atoms with Crippen LogP contribution in [0.2, 0.25) is 0 Å². The maximum absolute atomic E-state index is 14.1. The minimum Gasteiger partial charge on any atom is -0.497 e. The van der Waals surface area contributed by atoms with E-state index >= 15 is 0 Å². The van der Waals surface area contributed by atoms with Gasteiger partial charge in [0.1, 0.15) is 29.4 Å². The highest BCUT2D eigenvalue weighted by molar-refractivity contribution is 7.44. The summed E-state index contributed by atoms with van der Waals surface area (Å²) in [6.45, 7) is 13.2. The number of para-hydroxylation sites is 1. The van der Waals surface area contributed by atoms with Crippen molar-refractivity contribution >= 4 is 31.8 Å². The average molecular weight is 1010 g/mol. The van der Waals surface area contributed by atoms with Crippen LogP contribution in [-0.4, -0.2) is 71.9 Å². The number of hydrogen-bond acceptors (Lipinski definition) is 10. The van der Waals surface area contributed by atoms with Crippen LogP contribution in [0.1, 0.15) is 112 Å². The van der Waals surface area contributed by atoms with Crippen molar-refractivity contribution in [3.63, 3.8) is 0 Å². The van der Waals surface area contributed by atoms with Gasteiger partial charge in [0.2, 0.25) is 5.91 Å². The number of anilines is 1. The average Bonchev–Trinajstić information content (AvgIpc) is 3.79. The standard InChI is InChI=1S/C59H69N4O9P/c1-40(2)63(41(3)4)73(70-34-18-10-13-25-55(64)61-38-45-20-14-16-23-51(45)42(5)35-44-19-15-17-24-52(44)61)72-53-36-56(62-37-43(6)57(65)60-58(62)66)71-54(53)39-69-59(46-21-11-9-12-22-46,47-26-30-49(67-7)31-27-47)48-28-32-50(68-8)33-29-48/h9,11-12,14-17,19-24,26-33,35,37,40-41,53-54,56H,10,13,18,25,34,36,38-39H2,1-8H3,(H,60,65,66)/b42-35-. The van der Waals surface area contributed by atoms with Crippen LogP contribution in [0.25, 0.3) is 11.6 Å². The lowest BCUT2D eigenvalue weighted by molar-refractivity contribution is -0.118. The lowest BCUT2D eigenvalue weighted by Gasteiger charge is -2.39. The summed E-state index contributed by atoms with van der Waals surface area (Å²) in [4.78, 5) is 44.5. The second-order valence-corrected chi connectivity index (χ2v) is 20.7. The number of allylic oxidation sites excluding steroid dienone is 1. The highest BCUT2D eigenvalue weighted by atomic mass is 31.2. The van der Waals surface area contributed by atoms with Crippen molar-refractivity contribution in [1.29, 1.82) is 0 Å². The first-order valence-corrected chi connectivity index (χ1v) is 26.4. The summed E-state index contributed by atoms with van der Waals surface area (Å²) in [6.07, 6.45) is 4.47. The van der Waals surface area contributed by atoms with Crippen LogP contribution in [0.3, 0.4) is 0 Å². The molecule has 0 spiro atoms. The number of carbonyl (C=O) groups is 1. The van der Waals surface area contributed by atoms with E-state index in [1.807, 2.05) is 114 Å². The van der Waals surface area contributed by atoms with Crippen LogP contribution < -0.4 is 25.6 Å². The number of rotatable bonds is 21. The van der Waals surface area contributed by atoms with Crippen LogP contribution in [-0.2, 0) is 35.5 Å². The van der Waals surface area contributed by atoms with Crippen molar-refractivity contribution in [2.45, 2.75) is 116 Å². The van der Waals surface area contributed by atoms with E-state index in [1.54, 1.807) is 21.1 Å². The molecule has 1 saturated heterocycles. The summed E-state index contributed by atoms with van der Waals surface area (Å²) in [5.41, 5.74) is 6.19. The third-order valence-corrected chi connectivity index (χ3v) is 15.8. The second-order valence-electron chi connectivity index (χ2n) is 19.3. The SMILES string of the molecule is COc1ccc(C(OCC2OC(n3cc(C)c(=O)[nH]c3=O)CC2OP(OCCCCCC(=O)N2Cc3ccccc3/C(C)=C\c3ccccc32)N(C(C)C)C(C)C)(c2ccccc2)c2ccc(OC)cc2)cc1. The summed E-state index contributed by atoms with van der Waals surface area (Å²) in [5.74, 6) is 1.49. The molecule has 1 aromatic heterocycles. The number of hydrogen-bond donors (Lipinski definition) is 1. The third kappa shape index (κ3) is 12.1. The van der Waals surface area contributed by atoms with Gasteiger partial charge in [0.15, 0.2) is 0 Å². The summed E-state index contributed by atoms with van der Waals surface area (Å²) in [7, 11) is 1.59. The van der Waals surface area contributed by atoms with Gasteiger partial charge in [0.05, 0.1) is 45.8 Å². The van der Waals surface area contributed by atoms with E-state index in [9.17, 15) is 14.4 Å². The molecule has 3 heterocycles. The van der Waals surface area contributed by atoms with Gasteiger partial charge in [0, 0.05) is 36.7 Å². The highest BCUT2D eigenvalue weighted by Crippen LogP contribution is 2.51. The van der Waals surface area contributed by atoms with E-state index in [4.69, 9.17) is 28.0 Å². The third-order valence-electron chi connectivity index (χ3n) is 13.7. The van der Waals surface area contributed by atoms with Gasteiger partial charge in [-0.25, -0.2) is 9.46 Å². The maximum atomic E-state index is 14.1. The molecule has 0 radical (unpaired) electrons. The van der Waals surface area contributed by atoms with E-state index in [-0.39, 0.29) is 31.0 Å². The Morgan fingerprint density at radius 3 is 2.05 bits per heavy atom. The largest absolute Gasteiger partial charge is 0.497 e. The monoisotopic (exact) mass is 1010 g/mol. The summed E-state index contributed by atoms with van der Waals surface area (Å²) < 4.78 is 43.1. The number of fused-ring (bicyclic) bond motifs is 2. The van der Waals surface area contributed by atoms with Crippen molar-refractivity contribution in [1.82, 2.24) is 14.2 Å². The molecular formula is C59H69N4O9P. The lowest BCUT2D eigenvalue weighted by atomic mass is 9.80. The van der Waals surface area contributed by atoms with Gasteiger partial charge < -0.3 is 32.9 Å². The number of ether oxygens (including phenoxy) is 4. The number of methoxy groups -OCH3 is 2. The molecule has 0 saturated carbocycles. The van der Waals surface area contributed by atoms with Crippen LogP contribution in [0.5, 0.6) is 11.5 Å². The molecule has 0 aliphatic carbocycles. The topological polar surface area (TPSA) is 134 Å². The van der Waals surface area contributed by atoms with Gasteiger partial charge in [-0.15, -0.1) is 0 Å². The fourth-order valence-electron chi connectivity index (χ4n) is 9.97. The van der Waals surface area contributed by atoms with Gasteiger partial charge in [-0.3, -0.25) is 19.1 Å². The number of nitrogens with one attached hydrogen (secondary N) is 1. The van der Waals surface area contributed by atoms with Crippen molar-refractivity contribution < 1.29 is 32.8 Å².